The van der Waals surface area contributed by atoms with Gasteiger partial charge in [-0.1, -0.05) is 19.8 Å². The molecule has 2 amide bonds. The first-order valence-corrected chi connectivity index (χ1v) is 13.1. The summed E-state index contributed by atoms with van der Waals surface area (Å²) in [7, 11) is 5.21. The van der Waals surface area contributed by atoms with Crippen LogP contribution in [0.3, 0.4) is 0 Å². The van der Waals surface area contributed by atoms with E-state index in [0.29, 0.717) is 18.5 Å². The normalized spacial score (nSPS) is 26.1. The van der Waals surface area contributed by atoms with Gasteiger partial charge in [-0.05, 0) is 43.7 Å². The lowest BCUT2D eigenvalue weighted by Gasteiger charge is -2.37. The zero-order valence-electron chi connectivity index (χ0n) is 22.6. The van der Waals surface area contributed by atoms with Gasteiger partial charge in [0.15, 0.2) is 0 Å². The van der Waals surface area contributed by atoms with Crippen molar-refractivity contribution in [1.82, 2.24) is 15.1 Å². The van der Waals surface area contributed by atoms with Crippen molar-refractivity contribution in [2.75, 3.05) is 65.5 Å². The number of likely N-dealkylation sites (tertiary alicyclic amines) is 1. The van der Waals surface area contributed by atoms with Crippen molar-refractivity contribution < 1.29 is 23.8 Å². The second-order valence-corrected chi connectivity index (χ2v) is 10.7. The largest absolute Gasteiger partial charge is 0.369 e. The standard InChI is InChI=1S/C28H40N4O5/c1-7-20-17-32(25-24(20)37-18-28(25,35-5)36-6)27(34)23(16-19(2)3)29-26(33)21-8-10-22(11-9-21)31-14-12-30(4)13-15-31/h1,8-11,19-20,23-25H,12-18H2,2-6H3,(H,29,33). The molecule has 0 aromatic heterocycles. The SMILES string of the molecule is C#CC1CN(C(=O)C(CC(C)C)NC(=O)c2ccc(N3CCN(C)CC3)cc2)C2C1OCC2(OC)OC. The summed E-state index contributed by atoms with van der Waals surface area (Å²) in [6.07, 6.45) is 5.89. The minimum atomic E-state index is -1.10. The molecule has 1 aromatic carbocycles. The number of ether oxygens (including phenoxy) is 3. The van der Waals surface area contributed by atoms with E-state index < -0.39 is 17.9 Å². The number of rotatable bonds is 8. The molecule has 202 valence electrons. The summed E-state index contributed by atoms with van der Waals surface area (Å²) in [5.74, 6) is 1.09. The molecule has 3 aliphatic rings. The fourth-order valence-corrected chi connectivity index (χ4v) is 5.66. The molecule has 1 aromatic rings. The quantitative estimate of drug-likeness (QED) is 0.417. The van der Waals surface area contributed by atoms with E-state index in [9.17, 15) is 9.59 Å². The lowest BCUT2D eigenvalue weighted by molar-refractivity contribution is -0.227. The first-order chi connectivity index (χ1) is 17.7. The molecular formula is C28H40N4O5. The van der Waals surface area contributed by atoms with Crippen LogP contribution in [-0.2, 0) is 19.0 Å². The fourth-order valence-electron chi connectivity index (χ4n) is 5.66. The van der Waals surface area contributed by atoms with E-state index in [1.165, 1.54) is 0 Å². The molecule has 1 N–H and O–H groups in total. The molecule has 0 bridgehead atoms. The Morgan fingerprint density at radius 2 is 1.81 bits per heavy atom. The van der Waals surface area contributed by atoms with Crippen molar-refractivity contribution >= 4 is 17.5 Å². The Labute approximate surface area is 220 Å². The van der Waals surface area contributed by atoms with Gasteiger partial charge in [0.25, 0.3) is 5.91 Å². The number of benzene rings is 1. The molecule has 4 rings (SSSR count). The van der Waals surface area contributed by atoms with Crippen LogP contribution in [0.25, 0.3) is 0 Å². The second kappa shape index (κ2) is 11.4. The Kier molecular flexibility index (Phi) is 8.44. The minimum absolute atomic E-state index is 0.179. The van der Waals surface area contributed by atoms with Gasteiger partial charge in [0, 0.05) is 58.2 Å². The van der Waals surface area contributed by atoms with Gasteiger partial charge in [-0.15, -0.1) is 6.42 Å². The maximum atomic E-state index is 13.9. The van der Waals surface area contributed by atoms with Gasteiger partial charge in [-0.25, -0.2) is 0 Å². The molecule has 3 saturated heterocycles. The molecule has 0 spiro atoms. The zero-order chi connectivity index (χ0) is 26.7. The highest BCUT2D eigenvalue weighted by Crippen LogP contribution is 2.41. The van der Waals surface area contributed by atoms with E-state index in [1.807, 2.05) is 38.1 Å². The molecule has 0 saturated carbocycles. The zero-order valence-corrected chi connectivity index (χ0v) is 22.6. The first-order valence-electron chi connectivity index (χ1n) is 13.1. The smallest absolute Gasteiger partial charge is 0.251 e. The summed E-state index contributed by atoms with van der Waals surface area (Å²) < 4.78 is 17.4. The third-order valence-corrected chi connectivity index (χ3v) is 7.86. The molecule has 9 heteroatoms. The Hall–Kier alpha value is -2.64. The Balaban J connectivity index is 1.50. The lowest BCUT2D eigenvalue weighted by atomic mass is 9.98. The van der Waals surface area contributed by atoms with Gasteiger partial charge < -0.3 is 34.2 Å². The maximum Gasteiger partial charge on any atom is 0.251 e. The molecule has 3 fully saturated rings. The maximum absolute atomic E-state index is 13.9. The van der Waals surface area contributed by atoms with Crippen molar-refractivity contribution in [1.29, 1.82) is 0 Å². The number of hydrogen-bond donors (Lipinski definition) is 1. The number of nitrogens with one attached hydrogen (secondary N) is 1. The summed E-state index contributed by atoms with van der Waals surface area (Å²) in [5, 5.41) is 3.00. The number of terminal acetylenes is 1. The summed E-state index contributed by atoms with van der Waals surface area (Å²) in [6.45, 7) is 8.50. The number of hydrogen-bond acceptors (Lipinski definition) is 7. The van der Waals surface area contributed by atoms with E-state index in [-0.39, 0.29) is 36.4 Å². The van der Waals surface area contributed by atoms with Gasteiger partial charge in [0.1, 0.15) is 18.7 Å². The predicted molar refractivity (Wildman–Crippen MR) is 141 cm³/mol. The first kappa shape index (κ1) is 27.4. The number of nitrogens with zero attached hydrogens (tertiary/aromatic N) is 3. The summed E-state index contributed by atoms with van der Waals surface area (Å²) in [4.78, 5) is 33.5. The molecule has 0 aliphatic carbocycles. The van der Waals surface area contributed by atoms with Crippen LogP contribution in [0.1, 0.15) is 30.6 Å². The Morgan fingerprint density at radius 3 is 2.38 bits per heavy atom. The molecule has 0 radical (unpaired) electrons. The number of amides is 2. The van der Waals surface area contributed by atoms with Crippen LogP contribution in [0.2, 0.25) is 0 Å². The highest BCUT2D eigenvalue weighted by atomic mass is 16.7. The van der Waals surface area contributed by atoms with Gasteiger partial charge >= 0.3 is 0 Å². The van der Waals surface area contributed by atoms with Crippen LogP contribution in [0.15, 0.2) is 24.3 Å². The highest BCUT2D eigenvalue weighted by Gasteiger charge is 2.61. The van der Waals surface area contributed by atoms with Gasteiger partial charge in [-0.2, -0.15) is 0 Å². The lowest BCUT2D eigenvalue weighted by Crippen LogP contribution is -2.58. The van der Waals surface area contributed by atoms with E-state index in [0.717, 1.165) is 31.9 Å². The number of piperazine rings is 1. The number of fused-ring (bicyclic) bond motifs is 1. The number of carbonyl (C=O) groups excluding carboxylic acids is 2. The number of methoxy groups -OCH3 is 2. The van der Waals surface area contributed by atoms with Crippen LogP contribution < -0.4 is 10.2 Å². The number of likely N-dealkylation sites (N-methyl/N-ethyl adjacent to an activating group) is 1. The van der Waals surface area contributed by atoms with Crippen LogP contribution in [-0.4, -0.2) is 106 Å². The second-order valence-electron chi connectivity index (χ2n) is 10.7. The third kappa shape index (κ3) is 5.48. The van der Waals surface area contributed by atoms with Crippen molar-refractivity contribution in [2.24, 2.45) is 11.8 Å². The molecule has 37 heavy (non-hydrogen) atoms. The van der Waals surface area contributed by atoms with Crippen LogP contribution in [0.4, 0.5) is 5.69 Å². The van der Waals surface area contributed by atoms with Crippen molar-refractivity contribution in [3.8, 4) is 12.3 Å². The highest BCUT2D eigenvalue weighted by molar-refractivity contribution is 5.98. The molecule has 9 nitrogen and oxygen atoms in total. The van der Waals surface area contributed by atoms with E-state index in [4.69, 9.17) is 20.6 Å². The average Bonchev–Trinajstić information content (AvgIpc) is 3.47. The van der Waals surface area contributed by atoms with E-state index in [2.05, 4.69) is 28.1 Å². The topological polar surface area (TPSA) is 83.6 Å². The monoisotopic (exact) mass is 512 g/mol. The molecule has 4 atom stereocenters. The van der Waals surface area contributed by atoms with Crippen LogP contribution >= 0.6 is 0 Å². The number of anilines is 1. The van der Waals surface area contributed by atoms with Crippen LogP contribution in [0, 0.1) is 24.2 Å². The van der Waals surface area contributed by atoms with Gasteiger partial charge in [0.05, 0.1) is 12.0 Å². The summed E-state index contributed by atoms with van der Waals surface area (Å²) in [6, 6.07) is 6.39. The Morgan fingerprint density at radius 1 is 1.16 bits per heavy atom. The Bertz CT molecular complexity index is 995. The fraction of sp³-hybridized carbons (Fsp3) is 0.643. The van der Waals surface area contributed by atoms with E-state index >= 15 is 0 Å². The average molecular weight is 513 g/mol. The predicted octanol–water partition coefficient (Wildman–Crippen LogP) is 1.43. The van der Waals surface area contributed by atoms with Crippen molar-refractivity contribution in [2.45, 2.75) is 44.2 Å². The summed E-state index contributed by atoms with van der Waals surface area (Å²) in [5.41, 5.74) is 1.62. The number of carbonyl (C=O) groups is 2. The van der Waals surface area contributed by atoms with Crippen molar-refractivity contribution in [3.05, 3.63) is 29.8 Å². The molecule has 3 aliphatic heterocycles. The molecule has 4 unspecified atom stereocenters. The van der Waals surface area contributed by atoms with Crippen molar-refractivity contribution in [3.63, 3.8) is 0 Å². The molecule has 3 heterocycles. The van der Waals surface area contributed by atoms with E-state index in [1.54, 1.807) is 19.1 Å². The minimum Gasteiger partial charge on any atom is -0.369 e. The molecular weight excluding hydrogens is 472 g/mol. The van der Waals surface area contributed by atoms with Gasteiger partial charge in [-0.3, -0.25) is 9.59 Å². The third-order valence-electron chi connectivity index (χ3n) is 7.86. The van der Waals surface area contributed by atoms with Gasteiger partial charge in [0.2, 0.25) is 11.7 Å². The van der Waals surface area contributed by atoms with Crippen LogP contribution in [0.5, 0.6) is 0 Å². The summed E-state index contributed by atoms with van der Waals surface area (Å²) >= 11 is 0.